The van der Waals surface area contributed by atoms with Gasteiger partial charge in [0.15, 0.2) is 5.60 Å². The number of hydrogen-bond acceptors (Lipinski definition) is 4. The zero-order valence-electron chi connectivity index (χ0n) is 43.9. The third kappa shape index (κ3) is 9.92. The molecule has 5 nitrogen and oxygen atoms in total. The molecule has 1 N–H and O–H groups in total. The largest absolute Gasteiger partial charge is 0.573 e. The minimum absolute atomic E-state index is 0.159. The number of hydrogen-bond donors (Lipinski definition) is 1. The predicted octanol–water partition coefficient (Wildman–Crippen LogP) is 18.6. The van der Waals surface area contributed by atoms with Crippen LogP contribution in [0.1, 0.15) is 133 Å². The first-order valence-electron chi connectivity index (χ1n) is 26.8. The molecule has 1 amide bonds. The van der Waals surface area contributed by atoms with Crippen LogP contribution >= 0.6 is 0 Å². The van der Waals surface area contributed by atoms with E-state index in [4.69, 9.17) is 9.47 Å². The maximum Gasteiger partial charge on any atom is 0.573 e. The molecule has 0 spiro atoms. The number of alkyl halides is 6. The summed E-state index contributed by atoms with van der Waals surface area (Å²) in [5, 5.41) is 3.78. The van der Waals surface area contributed by atoms with E-state index in [1.54, 1.807) is 36.4 Å². The molecule has 1 saturated carbocycles. The monoisotopic (exact) mass is 1060 g/mol. The van der Waals surface area contributed by atoms with E-state index in [9.17, 15) is 31.1 Å². The first kappa shape index (κ1) is 52.3. The standard InChI is InChI=1S/C67H59F6NO4/c1-5-6-7-10-41-13-15-42(16-14-41)43-17-19-44(20-18-43)45-21-23-47(24-22-45)63(75)74-51-32-25-46(26-33-51)57-40-65(48-27-34-52(76-4)35-28-48,49-29-36-53(37-30-49)77-67(71,72)73)78-62-56-39-50(66(68,69)70)31-38-54(56)59-55-11-8-9-12-58(55)64(2,3)61(59)60(57)62/h8-9,11-12,17-42H,5-7,10,13-16H2,1-4H3,(H,74,75)/t41-,42-,65?. The molecule has 1 unspecified atom stereocenters. The molecule has 8 aromatic rings. The first-order chi connectivity index (χ1) is 37.4. The van der Waals surface area contributed by atoms with Crippen molar-refractivity contribution in [2.24, 2.45) is 5.92 Å². The second kappa shape index (κ2) is 20.5. The van der Waals surface area contributed by atoms with E-state index in [1.165, 1.54) is 94.4 Å². The molecule has 11 heteroatoms. The van der Waals surface area contributed by atoms with Crippen molar-refractivity contribution in [2.75, 3.05) is 12.4 Å². The van der Waals surface area contributed by atoms with E-state index in [-0.39, 0.29) is 17.0 Å². The molecule has 0 saturated heterocycles. The smallest absolute Gasteiger partial charge is 0.497 e. The van der Waals surface area contributed by atoms with Gasteiger partial charge in [0.1, 0.15) is 17.2 Å². The fourth-order valence-corrected chi connectivity index (χ4v) is 12.3. The van der Waals surface area contributed by atoms with E-state index in [0.717, 1.165) is 51.4 Å². The van der Waals surface area contributed by atoms with Gasteiger partial charge in [0.2, 0.25) is 0 Å². The lowest BCUT2D eigenvalue weighted by atomic mass is 9.73. The fourth-order valence-electron chi connectivity index (χ4n) is 12.3. The van der Waals surface area contributed by atoms with Crippen molar-refractivity contribution >= 4 is 27.9 Å². The highest BCUT2D eigenvalue weighted by Gasteiger charge is 2.47. The highest BCUT2D eigenvalue weighted by molar-refractivity contribution is 6.11. The number of ether oxygens (including phenoxy) is 3. The van der Waals surface area contributed by atoms with Crippen molar-refractivity contribution in [1.29, 1.82) is 0 Å². The average Bonchev–Trinajstić information content (AvgIpc) is 3.79. The number of benzene rings is 8. The Morgan fingerprint density at radius 1 is 0.667 bits per heavy atom. The minimum Gasteiger partial charge on any atom is -0.497 e. The number of anilines is 1. The number of unbranched alkanes of at least 4 members (excludes halogenated alkanes) is 2. The SMILES string of the molecule is CCCCC[C@H]1CC[C@H](c2ccc(-c3ccc(C(=O)Nc4ccc(C5=CC(c6ccc(OC)cc6)(c6ccc(OC(F)(F)F)cc6)Oc6c5c5c(c7ccc(C(F)(F)F)cc67)-c6ccccc6C5(C)C)cc4)cc3)cc2)CC1. The molecule has 11 rings (SSSR count). The van der Waals surface area contributed by atoms with E-state index in [0.29, 0.717) is 56.1 Å². The van der Waals surface area contributed by atoms with Gasteiger partial charge in [-0.2, -0.15) is 13.2 Å². The molecular weight excluding hydrogens is 997 g/mol. The van der Waals surface area contributed by atoms with Gasteiger partial charge in [0.05, 0.1) is 12.7 Å². The van der Waals surface area contributed by atoms with Crippen LogP contribution in [0.5, 0.6) is 17.2 Å². The summed E-state index contributed by atoms with van der Waals surface area (Å²) in [6.45, 7) is 6.42. The van der Waals surface area contributed by atoms with Gasteiger partial charge in [-0.05, 0) is 160 Å². The van der Waals surface area contributed by atoms with Crippen LogP contribution in [-0.4, -0.2) is 19.4 Å². The Balaban J connectivity index is 0.974. The van der Waals surface area contributed by atoms with Gasteiger partial charge in [-0.3, -0.25) is 4.79 Å². The molecule has 0 aromatic heterocycles. The van der Waals surface area contributed by atoms with E-state index in [1.807, 2.05) is 66.7 Å². The maximum atomic E-state index is 14.9. The molecule has 2 aliphatic carbocycles. The van der Waals surface area contributed by atoms with Crippen molar-refractivity contribution in [3.05, 3.63) is 220 Å². The van der Waals surface area contributed by atoms with Crippen LogP contribution in [0.25, 0.3) is 38.6 Å². The summed E-state index contributed by atoms with van der Waals surface area (Å²) in [6.07, 6.45) is 2.57. The van der Waals surface area contributed by atoms with E-state index < -0.39 is 34.9 Å². The molecular formula is C67H59F6NO4. The lowest BCUT2D eigenvalue weighted by molar-refractivity contribution is -0.274. The van der Waals surface area contributed by atoms with Gasteiger partial charge in [0.25, 0.3) is 5.91 Å². The normalized spacial score (nSPS) is 18.5. The Labute approximate surface area is 450 Å². The molecule has 1 heterocycles. The third-order valence-corrected chi connectivity index (χ3v) is 16.4. The van der Waals surface area contributed by atoms with Crippen LogP contribution < -0.4 is 19.5 Å². The molecule has 8 aromatic carbocycles. The van der Waals surface area contributed by atoms with Gasteiger partial charge < -0.3 is 19.5 Å². The summed E-state index contributed by atoms with van der Waals surface area (Å²) < 4.78 is 102. The molecule has 398 valence electrons. The van der Waals surface area contributed by atoms with Gasteiger partial charge >= 0.3 is 12.5 Å². The zero-order chi connectivity index (χ0) is 54.6. The van der Waals surface area contributed by atoms with Crippen molar-refractivity contribution in [3.8, 4) is 39.5 Å². The summed E-state index contributed by atoms with van der Waals surface area (Å²) in [5.41, 5.74) is 7.32. The zero-order valence-corrected chi connectivity index (χ0v) is 43.9. The topological polar surface area (TPSA) is 56.8 Å². The number of carbonyl (C=O) groups excluding carboxylic acids is 1. The molecule has 0 bridgehead atoms. The van der Waals surface area contributed by atoms with Crippen molar-refractivity contribution in [3.63, 3.8) is 0 Å². The first-order valence-corrected chi connectivity index (χ1v) is 26.8. The number of carbonyl (C=O) groups is 1. The number of methoxy groups -OCH3 is 1. The van der Waals surface area contributed by atoms with Crippen LogP contribution in [-0.2, 0) is 17.2 Å². The number of fused-ring (bicyclic) bond motifs is 8. The Morgan fingerprint density at radius 3 is 1.90 bits per heavy atom. The van der Waals surface area contributed by atoms with Crippen molar-refractivity contribution < 1.29 is 45.3 Å². The van der Waals surface area contributed by atoms with Gasteiger partial charge in [-0.25, -0.2) is 0 Å². The highest BCUT2D eigenvalue weighted by Crippen LogP contribution is 2.61. The second-order valence-corrected chi connectivity index (χ2v) is 21.5. The molecule has 1 atom stereocenters. The quantitative estimate of drug-likeness (QED) is 0.0923. The lowest BCUT2D eigenvalue weighted by Gasteiger charge is -2.41. The summed E-state index contributed by atoms with van der Waals surface area (Å²) in [6, 6.07) is 47.4. The van der Waals surface area contributed by atoms with Crippen molar-refractivity contribution in [1.82, 2.24) is 0 Å². The van der Waals surface area contributed by atoms with Crippen LogP contribution in [0.3, 0.4) is 0 Å². The van der Waals surface area contributed by atoms with E-state index >= 15 is 0 Å². The van der Waals surface area contributed by atoms with Crippen LogP contribution in [0.4, 0.5) is 32.0 Å². The third-order valence-electron chi connectivity index (χ3n) is 16.4. The molecule has 0 radical (unpaired) electrons. The fraction of sp³-hybridized carbons (Fsp3) is 0.269. The number of rotatable bonds is 13. The molecule has 1 aliphatic heterocycles. The summed E-state index contributed by atoms with van der Waals surface area (Å²) >= 11 is 0. The average molecular weight is 1060 g/mol. The summed E-state index contributed by atoms with van der Waals surface area (Å²) in [7, 11) is 1.52. The Hall–Kier alpha value is -7.79. The van der Waals surface area contributed by atoms with Crippen molar-refractivity contribution in [2.45, 2.75) is 102 Å². The summed E-state index contributed by atoms with van der Waals surface area (Å²) in [5.74, 6) is 1.34. The second-order valence-electron chi connectivity index (χ2n) is 21.5. The van der Waals surface area contributed by atoms with Gasteiger partial charge in [0, 0.05) is 38.7 Å². The molecule has 1 fully saturated rings. The molecule has 3 aliphatic rings. The van der Waals surface area contributed by atoms with E-state index in [2.05, 4.69) is 55.1 Å². The Morgan fingerprint density at radius 2 is 1.28 bits per heavy atom. The van der Waals surface area contributed by atoms with Crippen LogP contribution in [0.15, 0.2) is 170 Å². The summed E-state index contributed by atoms with van der Waals surface area (Å²) in [4.78, 5) is 13.9. The maximum absolute atomic E-state index is 14.9. The predicted molar refractivity (Wildman–Crippen MR) is 296 cm³/mol. The van der Waals surface area contributed by atoms with Gasteiger partial charge in [-0.15, -0.1) is 13.2 Å². The minimum atomic E-state index is -4.96. The highest BCUT2D eigenvalue weighted by atomic mass is 19.4. The van der Waals surface area contributed by atoms with Gasteiger partial charge in [-0.1, -0.05) is 150 Å². The van der Waals surface area contributed by atoms with Crippen LogP contribution in [0, 0.1) is 5.92 Å². The number of halogens is 6. The van der Waals surface area contributed by atoms with Crippen LogP contribution in [0.2, 0.25) is 0 Å². The number of nitrogens with one attached hydrogen (secondary N) is 1. The Kier molecular flexibility index (Phi) is 13.8. The number of amides is 1. The Bertz CT molecular complexity index is 3540. The molecule has 78 heavy (non-hydrogen) atoms. The lowest BCUT2D eigenvalue weighted by Crippen LogP contribution is -2.36.